The molecule has 0 aliphatic heterocycles. The molecule has 0 saturated carbocycles. The molecule has 4 heteroatoms. The number of carbonyl (C=O) groups excluding carboxylic acids is 1. The van der Waals surface area contributed by atoms with Gasteiger partial charge in [0.25, 0.3) is 0 Å². The van der Waals surface area contributed by atoms with Gasteiger partial charge < -0.3 is 9.30 Å². The van der Waals surface area contributed by atoms with E-state index in [-0.39, 0.29) is 12.6 Å². The molecular formula is C17H16N2O2. The summed E-state index contributed by atoms with van der Waals surface area (Å²) in [6.07, 6.45) is 3.79. The van der Waals surface area contributed by atoms with Crippen LogP contribution in [0.15, 0.2) is 48.8 Å². The second-order valence-electron chi connectivity index (χ2n) is 4.97. The molecule has 2 aromatic heterocycles. The molecule has 0 saturated heterocycles. The maximum atomic E-state index is 11.1. The van der Waals surface area contributed by atoms with Crippen LogP contribution in [0.4, 0.5) is 0 Å². The zero-order chi connectivity index (χ0) is 14.8. The van der Waals surface area contributed by atoms with Gasteiger partial charge in [0.05, 0.1) is 0 Å². The Morgan fingerprint density at radius 3 is 2.71 bits per heavy atom. The van der Waals surface area contributed by atoms with E-state index in [0.717, 1.165) is 27.8 Å². The zero-order valence-electron chi connectivity index (χ0n) is 12.0. The van der Waals surface area contributed by atoms with E-state index in [1.807, 2.05) is 54.1 Å². The number of aryl methyl sites for hydroxylation is 1. The molecule has 4 nitrogen and oxygen atoms in total. The van der Waals surface area contributed by atoms with Gasteiger partial charge in [-0.05, 0) is 30.7 Å². The lowest BCUT2D eigenvalue weighted by atomic mass is 10.1. The number of esters is 1. The van der Waals surface area contributed by atoms with Crippen molar-refractivity contribution < 1.29 is 9.53 Å². The minimum Gasteiger partial charge on any atom is -0.461 e. The first-order chi connectivity index (χ1) is 10.2. The summed E-state index contributed by atoms with van der Waals surface area (Å²) in [6, 6.07) is 12.0. The number of ether oxygens (including phenoxy) is 1. The zero-order valence-corrected chi connectivity index (χ0v) is 12.0. The number of hydrogen-bond donors (Lipinski definition) is 0. The number of pyridine rings is 1. The van der Waals surface area contributed by atoms with E-state index in [9.17, 15) is 4.79 Å². The highest BCUT2D eigenvalue weighted by Crippen LogP contribution is 2.26. The van der Waals surface area contributed by atoms with E-state index in [1.54, 1.807) is 6.20 Å². The first-order valence-corrected chi connectivity index (χ1v) is 6.81. The van der Waals surface area contributed by atoms with Crippen LogP contribution >= 0.6 is 0 Å². The smallest absolute Gasteiger partial charge is 0.302 e. The third kappa shape index (κ3) is 2.52. The average Bonchev–Trinajstić information content (AvgIpc) is 2.86. The molecular weight excluding hydrogens is 264 g/mol. The van der Waals surface area contributed by atoms with Crippen LogP contribution in [0.1, 0.15) is 18.1 Å². The van der Waals surface area contributed by atoms with Crippen LogP contribution in [0.25, 0.3) is 16.7 Å². The highest BCUT2D eigenvalue weighted by Gasteiger charge is 2.13. The monoisotopic (exact) mass is 280 g/mol. The number of carbonyl (C=O) groups is 1. The van der Waals surface area contributed by atoms with Crippen molar-refractivity contribution in [1.82, 2.24) is 9.55 Å². The van der Waals surface area contributed by atoms with Gasteiger partial charge in [-0.2, -0.15) is 0 Å². The Balaban J connectivity index is 2.18. The fourth-order valence-electron chi connectivity index (χ4n) is 2.48. The van der Waals surface area contributed by atoms with Crippen molar-refractivity contribution in [3.63, 3.8) is 0 Å². The number of aromatic nitrogens is 2. The summed E-state index contributed by atoms with van der Waals surface area (Å²) in [5, 5.41) is 1.04. The summed E-state index contributed by atoms with van der Waals surface area (Å²) < 4.78 is 7.19. The van der Waals surface area contributed by atoms with Crippen molar-refractivity contribution >= 4 is 17.0 Å². The average molecular weight is 280 g/mol. The first-order valence-electron chi connectivity index (χ1n) is 6.81. The van der Waals surface area contributed by atoms with Gasteiger partial charge in [0.2, 0.25) is 0 Å². The molecule has 0 atom stereocenters. The topological polar surface area (TPSA) is 44.1 Å². The van der Waals surface area contributed by atoms with Gasteiger partial charge in [-0.1, -0.05) is 18.2 Å². The first kappa shape index (κ1) is 13.4. The summed E-state index contributed by atoms with van der Waals surface area (Å²) in [4.78, 5) is 15.6. The summed E-state index contributed by atoms with van der Waals surface area (Å²) in [7, 11) is 0. The number of benzene rings is 1. The Morgan fingerprint density at radius 2 is 2.00 bits per heavy atom. The highest BCUT2D eigenvalue weighted by atomic mass is 16.5. The molecule has 0 fully saturated rings. The second kappa shape index (κ2) is 5.40. The van der Waals surface area contributed by atoms with Gasteiger partial charge >= 0.3 is 5.97 Å². The lowest BCUT2D eigenvalue weighted by molar-refractivity contribution is -0.142. The minimum atomic E-state index is -0.280. The van der Waals surface area contributed by atoms with E-state index >= 15 is 0 Å². The van der Waals surface area contributed by atoms with Crippen LogP contribution in [0, 0.1) is 6.92 Å². The van der Waals surface area contributed by atoms with E-state index in [1.165, 1.54) is 6.92 Å². The van der Waals surface area contributed by atoms with E-state index in [2.05, 4.69) is 4.98 Å². The molecule has 0 aliphatic rings. The molecule has 1 aromatic carbocycles. The van der Waals surface area contributed by atoms with Crippen molar-refractivity contribution in [2.24, 2.45) is 0 Å². The summed E-state index contributed by atoms with van der Waals surface area (Å²) >= 11 is 0. The van der Waals surface area contributed by atoms with Gasteiger partial charge in [-0.3, -0.25) is 4.79 Å². The molecule has 0 N–H and O–H groups in total. The quantitative estimate of drug-likeness (QED) is 0.691. The second-order valence-corrected chi connectivity index (χ2v) is 4.97. The number of rotatable bonds is 3. The number of fused-ring (bicyclic) bond motifs is 1. The van der Waals surface area contributed by atoms with Crippen LogP contribution < -0.4 is 0 Å². The third-order valence-electron chi connectivity index (χ3n) is 3.44. The summed E-state index contributed by atoms with van der Waals surface area (Å²) in [5.74, 6) is -0.280. The number of nitrogens with zero attached hydrogens (tertiary/aromatic N) is 2. The molecule has 0 bridgehead atoms. The maximum Gasteiger partial charge on any atom is 0.302 e. The Hall–Kier alpha value is -2.62. The molecule has 0 aliphatic carbocycles. The molecule has 2 heterocycles. The molecule has 21 heavy (non-hydrogen) atoms. The van der Waals surface area contributed by atoms with Crippen molar-refractivity contribution in [3.8, 4) is 5.69 Å². The van der Waals surface area contributed by atoms with E-state index in [4.69, 9.17) is 4.74 Å². The van der Waals surface area contributed by atoms with E-state index < -0.39 is 0 Å². The van der Waals surface area contributed by atoms with Crippen molar-refractivity contribution in [2.75, 3.05) is 0 Å². The Labute approximate surface area is 123 Å². The molecule has 106 valence electrons. The predicted octanol–water partition coefficient (Wildman–Crippen LogP) is 3.40. The normalized spacial score (nSPS) is 10.8. The number of hydrogen-bond acceptors (Lipinski definition) is 3. The van der Waals surface area contributed by atoms with Crippen LogP contribution in [0.5, 0.6) is 0 Å². The largest absolute Gasteiger partial charge is 0.461 e. The van der Waals surface area contributed by atoms with Gasteiger partial charge in [0.15, 0.2) is 0 Å². The van der Waals surface area contributed by atoms with Crippen molar-refractivity contribution in [1.29, 1.82) is 0 Å². The third-order valence-corrected chi connectivity index (χ3v) is 3.44. The molecule has 0 spiro atoms. The van der Waals surface area contributed by atoms with Crippen LogP contribution in [0.3, 0.4) is 0 Å². The summed E-state index contributed by atoms with van der Waals surface area (Å²) in [6.45, 7) is 3.72. The van der Waals surface area contributed by atoms with Gasteiger partial charge in [0, 0.05) is 36.0 Å². The Bertz CT molecular complexity index is 791. The summed E-state index contributed by atoms with van der Waals surface area (Å²) in [5.41, 5.74) is 4.00. The standard InChI is InChI=1S/C17H16N2O2/c1-12-8-9-18-17-16(12)14(11-21-13(2)20)10-19(17)15-6-4-3-5-7-15/h3-10H,11H2,1-2H3. The fourth-order valence-corrected chi connectivity index (χ4v) is 2.48. The molecule has 3 rings (SSSR count). The Kier molecular flexibility index (Phi) is 3.44. The van der Waals surface area contributed by atoms with Crippen molar-refractivity contribution in [2.45, 2.75) is 20.5 Å². The van der Waals surface area contributed by atoms with Crippen molar-refractivity contribution in [3.05, 3.63) is 59.9 Å². The lowest BCUT2D eigenvalue weighted by Crippen LogP contribution is -1.98. The lowest BCUT2D eigenvalue weighted by Gasteiger charge is -2.04. The minimum absolute atomic E-state index is 0.262. The van der Waals surface area contributed by atoms with Crippen LogP contribution in [0.2, 0.25) is 0 Å². The molecule has 3 aromatic rings. The molecule has 0 amide bonds. The molecule has 0 unspecified atom stereocenters. The number of para-hydroxylation sites is 1. The SMILES string of the molecule is CC(=O)OCc1cn(-c2ccccc2)c2nccc(C)c12. The molecule has 0 radical (unpaired) electrons. The highest BCUT2D eigenvalue weighted by molar-refractivity contribution is 5.85. The fraction of sp³-hybridized carbons (Fsp3) is 0.176. The van der Waals surface area contributed by atoms with E-state index in [0.29, 0.717) is 0 Å². The Morgan fingerprint density at radius 1 is 1.24 bits per heavy atom. The van der Waals surface area contributed by atoms with Gasteiger partial charge in [-0.15, -0.1) is 0 Å². The van der Waals surface area contributed by atoms with Crippen LogP contribution in [-0.2, 0) is 16.1 Å². The maximum absolute atomic E-state index is 11.1. The predicted molar refractivity (Wildman–Crippen MR) is 81.3 cm³/mol. The van der Waals surface area contributed by atoms with Gasteiger partial charge in [0.1, 0.15) is 12.3 Å². The van der Waals surface area contributed by atoms with Gasteiger partial charge in [-0.25, -0.2) is 4.98 Å². The van der Waals surface area contributed by atoms with Crippen LogP contribution in [-0.4, -0.2) is 15.5 Å².